The van der Waals surface area contributed by atoms with Crippen molar-refractivity contribution >= 4 is 11.6 Å². The van der Waals surface area contributed by atoms with Crippen LogP contribution in [0.5, 0.6) is 0 Å². The summed E-state index contributed by atoms with van der Waals surface area (Å²) in [4.78, 5) is 22.2. The largest absolute Gasteiger partial charge is 0.394 e. The highest BCUT2D eigenvalue weighted by atomic mass is 16.6. The number of carbonyl (C=O) groups is 1. The van der Waals surface area contributed by atoms with Crippen molar-refractivity contribution in [1.29, 1.82) is 0 Å². The van der Waals surface area contributed by atoms with Crippen molar-refractivity contribution < 1.29 is 14.8 Å². The summed E-state index contributed by atoms with van der Waals surface area (Å²) in [6.07, 6.45) is 0. The quantitative estimate of drug-likeness (QED) is 0.625. The number of benzene rings is 1. The van der Waals surface area contributed by atoms with Gasteiger partial charge >= 0.3 is 0 Å². The standard InChI is InChI=1S/C12H16N2O4/c1-8-9(5-4-6-10(8)14(17)18)11(16)13-12(2,3)7-15/h4-6,15H,7H2,1-3H3,(H,13,16). The number of rotatable bonds is 4. The first-order valence-corrected chi connectivity index (χ1v) is 5.46. The van der Waals surface area contributed by atoms with Crippen LogP contribution in [-0.2, 0) is 0 Å². The number of nitro groups is 1. The molecule has 0 heterocycles. The van der Waals surface area contributed by atoms with Crippen molar-refractivity contribution in [2.24, 2.45) is 0 Å². The van der Waals surface area contributed by atoms with E-state index in [0.29, 0.717) is 5.56 Å². The van der Waals surface area contributed by atoms with E-state index in [0.717, 1.165) is 0 Å². The predicted molar refractivity (Wildman–Crippen MR) is 66.5 cm³/mol. The number of nitrogens with one attached hydrogen (secondary N) is 1. The van der Waals surface area contributed by atoms with Crippen molar-refractivity contribution in [2.75, 3.05) is 6.61 Å². The summed E-state index contributed by atoms with van der Waals surface area (Å²) >= 11 is 0. The summed E-state index contributed by atoms with van der Waals surface area (Å²) in [5.74, 6) is -0.435. The minimum atomic E-state index is -0.770. The highest BCUT2D eigenvalue weighted by Gasteiger charge is 2.23. The molecule has 0 saturated heterocycles. The van der Waals surface area contributed by atoms with Gasteiger partial charge in [-0.05, 0) is 26.8 Å². The fourth-order valence-electron chi connectivity index (χ4n) is 1.48. The first-order valence-electron chi connectivity index (χ1n) is 5.46. The molecule has 1 amide bonds. The molecule has 0 unspecified atom stereocenters. The Morgan fingerprint density at radius 2 is 2.11 bits per heavy atom. The molecular formula is C12H16N2O4. The molecule has 0 fully saturated rings. The van der Waals surface area contributed by atoms with Gasteiger partial charge in [-0.3, -0.25) is 14.9 Å². The van der Waals surface area contributed by atoms with E-state index in [1.165, 1.54) is 25.1 Å². The lowest BCUT2D eigenvalue weighted by Gasteiger charge is -2.23. The number of nitrogens with zero attached hydrogens (tertiary/aromatic N) is 1. The Morgan fingerprint density at radius 1 is 1.50 bits per heavy atom. The molecule has 2 N–H and O–H groups in total. The van der Waals surface area contributed by atoms with Crippen LogP contribution in [0.15, 0.2) is 18.2 Å². The lowest BCUT2D eigenvalue weighted by Crippen LogP contribution is -2.46. The van der Waals surface area contributed by atoms with Gasteiger partial charge in [-0.2, -0.15) is 0 Å². The molecule has 1 aromatic rings. The molecule has 0 aliphatic carbocycles. The van der Waals surface area contributed by atoms with Crippen LogP contribution < -0.4 is 5.32 Å². The number of hydrogen-bond acceptors (Lipinski definition) is 4. The maximum atomic E-state index is 12.0. The van der Waals surface area contributed by atoms with Crippen molar-refractivity contribution in [2.45, 2.75) is 26.3 Å². The fraction of sp³-hybridized carbons (Fsp3) is 0.417. The molecule has 18 heavy (non-hydrogen) atoms. The Balaban J connectivity index is 3.08. The molecule has 0 aliphatic heterocycles. The number of hydrogen-bond donors (Lipinski definition) is 2. The number of amides is 1. The Hall–Kier alpha value is -1.95. The second-order valence-corrected chi connectivity index (χ2v) is 4.70. The Labute approximate surface area is 105 Å². The molecule has 0 spiro atoms. The van der Waals surface area contributed by atoms with E-state index < -0.39 is 16.4 Å². The monoisotopic (exact) mass is 252 g/mol. The van der Waals surface area contributed by atoms with E-state index >= 15 is 0 Å². The van der Waals surface area contributed by atoms with Crippen LogP contribution in [0.2, 0.25) is 0 Å². The normalized spacial score (nSPS) is 11.1. The van der Waals surface area contributed by atoms with Crippen molar-refractivity contribution in [1.82, 2.24) is 5.32 Å². The van der Waals surface area contributed by atoms with E-state index in [9.17, 15) is 14.9 Å². The minimum absolute atomic E-state index is 0.0931. The first kappa shape index (κ1) is 14.1. The van der Waals surface area contributed by atoms with Gasteiger partial charge in [0.1, 0.15) is 0 Å². The molecule has 0 saturated carbocycles. The van der Waals surface area contributed by atoms with E-state index in [2.05, 4.69) is 5.32 Å². The van der Waals surface area contributed by atoms with E-state index in [1.54, 1.807) is 13.8 Å². The van der Waals surface area contributed by atoms with Gasteiger partial charge in [-0.15, -0.1) is 0 Å². The predicted octanol–water partition coefficient (Wildman–Crippen LogP) is 1.40. The third-order valence-electron chi connectivity index (χ3n) is 2.59. The molecule has 0 aliphatic rings. The molecule has 1 rings (SSSR count). The molecule has 6 heteroatoms. The maximum Gasteiger partial charge on any atom is 0.273 e. The van der Waals surface area contributed by atoms with Crippen molar-refractivity contribution in [3.8, 4) is 0 Å². The average molecular weight is 252 g/mol. The Morgan fingerprint density at radius 3 is 2.61 bits per heavy atom. The van der Waals surface area contributed by atoms with E-state index in [4.69, 9.17) is 5.11 Å². The Bertz CT molecular complexity index is 483. The van der Waals surface area contributed by atoms with Gasteiger partial charge in [0.15, 0.2) is 0 Å². The summed E-state index contributed by atoms with van der Waals surface area (Å²) in [7, 11) is 0. The summed E-state index contributed by atoms with van der Waals surface area (Å²) < 4.78 is 0. The number of aliphatic hydroxyl groups is 1. The van der Waals surface area contributed by atoms with Crippen LogP contribution >= 0.6 is 0 Å². The van der Waals surface area contributed by atoms with Crippen molar-refractivity contribution in [3.63, 3.8) is 0 Å². The van der Waals surface area contributed by atoms with Crippen LogP contribution in [0.25, 0.3) is 0 Å². The summed E-state index contributed by atoms with van der Waals surface area (Å²) in [5, 5.41) is 22.5. The SMILES string of the molecule is Cc1c(C(=O)NC(C)(C)CO)cccc1[N+](=O)[O-]. The van der Waals surface area contributed by atoms with E-state index in [-0.39, 0.29) is 17.9 Å². The van der Waals surface area contributed by atoms with Gasteiger partial charge in [0.2, 0.25) is 0 Å². The molecule has 0 radical (unpaired) electrons. The van der Waals surface area contributed by atoms with Gasteiger partial charge in [-0.1, -0.05) is 6.07 Å². The highest BCUT2D eigenvalue weighted by Crippen LogP contribution is 2.21. The molecule has 0 atom stereocenters. The third kappa shape index (κ3) is 3.04. The Kier molecular flexibility index (Phi) is 4.03. The van der Waals surface area contributed by atoms with Gasteiger partial charge in [0.05, 0.1) is 17.1 Å². The van der Waals surface area contributed by atoms with E-state index in [1.807, 2.05) is 0 Å². The number of aliphatic hydroxyl groups excluding tert-OH is 1. The zero-order chi connectivity index (χ0) is 13.9. The summed E-state index contributed by atoms with van der Waals surface area (Å²) in [5.41, 5.74) is -0.308. The zero-order valence-corrected chi connectivity index (χ0v) is 10.6. The summed E-state index contributed by atoms with van der Waals surface area (Å²) in [6.45, 7) is 4.64. The van der Waals surface area contributed by atoms with Crippen LogP contribution in [0.1, 0.15) is 29.8 Å². The van der Waals surface area contributed by atoms with Crippen molar-refractivity contribution in [3.05, 3.63) is 39.4 Å². The average Bonchev–Trinajstić information content (AvgIpc) is 2.28. The van der Waals surface area contributed by atoms with Gasteiger partial charge in [0.25, 0.3) is 11.6 Å². The maximum absolute atomic E-state index is 12.0. The van der Waals surface area contributed by atoms with Crippen LogP contribution in [0, 0.1) is 17.0 Å². The minimum Gasteiger partial charge on any atom is -0.394 e. The number of carbonyl (C=O) groups excluding carboxylic acids is 1. The lowest BCUT2D eigenvalue weighted by molar-refractivity contribution is -0.385. The lowest BCUT2D eigenvalue weighted by atomic mass is 10.0. The van der Waals surface area contributed by atoms with Crippen LogP contribution in [-0.4, -0.2) is 28.1 Å². The van der Waals surface area contributed by atoms with Crippen LogP contribution in [0.4, 0.5) is 5.69 Å². The first-order chi connectivity index (χ1) is 8.28. The van der Waals surface area contributed by atoms with Crippen LogP contribution in [0.3, 0.4) is 0 Å². The topological polar surface area (TPSA) is 92.5 Å². The smallest absolute Gasteiger partial charge is 0.273 e. The summed E-state index contributed by atoms with van der Waals surface area (Å²) in [6, 6.07) is 4.33. The highest BCUT2D eigenvalue weighted by molar-refractivity contribution is 5.97. The zero-order valence-electron chi connectivity index (χ0n) is 10.6. The fourth-order valence-corrected chi connectivity index (χ4v) is 1.48. The third-order valence-corrected chi connectivity index (χ3v) is 2.59. The van der Waals surface area contributed by atoms with Gasteiger partial charge in [-0.25, -0.2) is 0 Å². The number of nitro benzene ring substituents is 1. The molecule has 0 bridgehead atoms. The molecule has 6 nitrogen and oxygen atoms in total. The van der Waals surface area contributed by atoms with Gasteiger partial charge < -0.3 is 10.4 Å². The molecular weight excluding hydrogens is 236 g/mol. The second kappa shape index (κ2) is 5.14. The molecule has 98 valence electrons. The molecule has 1 aromatic carbocycles. The second-order valence-electron chi connectivity index (χ2n) is 4.70. The molecule has 0 aromatic heterocycles. The van der Waals surface area contributed by atoms with Gasteiger partial charge in [0, 0.05) is 17.2 Å².